The van der Waals surface area contributed by atoms with E-state index >= 15 is 0 Å². The van der Waals surface area contributed by atoms with Gasteiger partial charge in [-0.3, -0.25) is 4.79 Å². The third kappa shape index (κ3) is 4.15. The fourth-order valence-electron chi connectivity index (χ4n) is 2.70. The molecule has 0 spiro atoms. The van der Waals surface area contributed by atoms with Crippen LogP contribution >= 0.6 is 0 Å². The molecular formula is C21H16FN3O3. The Balaban J connectivity index is 1.34. The zero-order chi connectivity index (χ0) is 19.3. The molecule has 1 aromatic heterocycles. The number of benzene rings is 2. The quantitative estimate of drug-likeness (QED) is 0.712. The van der Waals surface area contributed by atoms with Crippen molar-refractivity contribution in [3.05, 3.63) is 84.3 Å². The Bertz CT molecular complexity index is 990. The fourth-order valence-corrected chi connectivity index (χ4v) is 2.70. The Hall–Kier alpha value is -3.74. The molecular weight excluding hydrogens is 361 g/mol. The highest BCUT2D eigenvalue weighted by Crippen LogP contribution is 2.27. The number of nitrogens with one attached hydrogen (secondary N) is 1. The average Bonchev–Trinajstić information content (AvgIpc) is 3.22. The maximum absolute atomic E-state index is 12.9. The average molecular weight is 377 g/mol. The predicted octanol–water partition coefficient (Wildman–Crippen LogP) is 4.47. The summed E-state index contributed by atoms with van der Waals surface area (Å²) in [4.78, 5) is 21.9. The molecule has 0 saturated heterocycles. The second-order valence-corrected chi connectivity index (χ2v) is 6.14. The van der Waals surface area contributed by atoms with Crippen LogP contribution in [-0.4, -0.2) is 16.6 Å². The number of ether oxygens (including phenoxy) is 1. The zero-order valence-corrected chi connectivity index (χ0v) is 14.7. The Labute approximate surface area is 160 Å². The van der Waals surface area contributed by atoms with Crippen LogP contribution in [0.15, 0.2) is 78.1 Å². The van der Waals surface area contributed by atoms with Crippen molar-refractivity contribution in [2.45, 2.75) is 12.5 Å². The van der Waals surface area contributed by atoms with Crippen molar-refractivity contribution < 1.29 is 18.8 Å². The molecule has 0 radical (unpaired) electrons. The van der Waals surface area contributed by atoms with Gasteiger partial charge >= 0.3 is 0 Å². The first kappa shape index (κ1) is 17.7. The molecule has 1 aliphatic heterocycles. The Morgan fingerprint density at radius 1 is 1.07 bits per heavy atom. The maximum Gasteiger partial charge on any atom is 0.273 e. The number of carbonyl (C=O) groups excluding carboxylic acids is 1. The third-order valence-corrected chi connectivity index (χ3v) is 4.13. The van der Waals surface area contributed by atoms with Gasteiger partial charge in [0.05, 0.1) is 11.9 Å². The number of anilines is 1. The predicted molar refractivity (Wildman–Crippen MR) is 102 cm³/mol. The number of carbonyl (C=O) groups is 1. The van der Waals surface area contributed by atoms with Gasteiger partial charge in [0.2, 0.25) is 5.88 Å². The molecule has 1 N–H and O–H groups in total. The number of hydrogen-bond donors (Lipinski definition) is 1. The van der Waals surface area contributed by atoms with Crippen LogP contribution in [-0.2, 0) is 9.63 Å². The number of oxime groups is 1. The first-order chi connectivity index (χ1) is 13.7. The largest absolute Gasteiger partial charge is 0.439 e. The number of rotatable bonds is 5. The van der Waals surface area contributed by atoms with Gasteiger partial charge in [-0.15, -0.1) is 0 Å². The summed E-state index contributed by atoms with van der Waals surface area (Å²) in [5.41, 5.74) is 1.79. The van der Waals surface area contributed by atoms with E-state index in [1.807, 2.05) is 30.3 Å². The monoisotopic (exact) mass is 377 g/mol. The summed E-state index contributed by atoms with van der Waals surface area (Å²) in [6, 6.07) is 18.5. The van der Waals surface area contributed by atoms with Crippen LogP contribution in [0.2, 0.25) is 0 Å². The van der Waals surface area contributed by atoms with Crippen molar-refractivity contribution in [1.82, 2.24) is 4.98 Å². The molecule has 0 unspecified atom stereocenters. The molecule has 7 heteroatoms. The molecule has 3 aromatic rings. The van der Waals surface area contributed by atoms with Crippen molar-refractivity contribution in [3.8, 4) is 11.6 Å². The van der Waals surface area contributed by atoms with Crippen molar-refractivity contribution in [3.63, 3.8) is 0 Å². The highest BCUT2D eigenvalue weighted by molar-refractivity contribution is 6.43. The Kier molecular flexibility index (Phi) is 4.97. The van der Waals surface area contributed by atoms with Gasteiger partial charge in [-0.1, -0.05) is 35.5 Å². The first-order valence-electron chi connectivity index (χ1n) is 8.66. The lowest BCUT2D eigenvalue weighted by molar-refractivity contribution is -0.110. The second kappa shape index (κ2) is 7.87. The van der Waals surface area contributed by atoms with Gasteiger partial charge in [-0.25, -0.2) is 9.37 Å². The van der Waals surface area contributed by atoms with E-state index in [1.54, 1.807) is 12.1 Å². The van der Waals surface area contributed by atoms with Gasteiger partial charge in [0.25, 0.3) is 5.91 Å². The van der Waals surface area contributed by atoms with Crippen LogP contribution in [0, 0.1) is 5.82 Å². The van der Waals surface area contributed by atoms with Gasteiger partial charge in [-0.2, -0.15) is 0 Å². The minimum Gasteiger partial charge on any atom is -0.439 e. The standard InChI is InChI=1S/C21H16FN3O3/c22-15-6-9-17(10-7-15)27-20-11-8-16(13-23-20)24-21(26)18-12-19(28-25-18)14-4-2-1-3-5-14/h1-11,13,19H,12H2,(H,24,26)/t19-/m0/s1. The summed E-state index contributed by atoms with van der Waals surface area (Å²) in [5.74, 6) is 0.115. The molecule has 1 aliphatic rings. The number of amides is 1. The van der Waals surface area contributed by atoms with E-state index in [2.05, 4.69) is 15.5 Å². The number of pyridine rings is 1. The summed E-state index contributed by atoms with van der Waals surface area (Å²) in [7, 11) is 0. The molecule has 1 atom stereocenters. The van der Waals surface area contributed by atoms with Crippen molar-refractivity contribution in [2.75, 3.05) is 5.32 Å². The topological polar surface area (TPSA) is 72.8 Å². The van der Waals surface area contributed by atoms with E-state index in [9.17, 15) is 9.18 Å². The summed E-state index contributed by atoms with van der Waals surface area (Å²) in [5, 5.41) is 6.64. The third-order valence-electron chi connectivity index (χ3n) is 4.13. The number of aromatic nitrogens is 1. The smallest absolute Gasteiger partial charge is 0.273 e. The van der Waals surface area contributed by atoms with E-state index in [0.717, 1.165) is 5.56 Å². The van der Waals surface area contributed by atoms with Gasteiger partial charge in [0.15, 0.2) is 6.10 Å². The first-order valence-corrected chi connectivity index (χ1v) is 8.66. The van der Waals surface area contributed by atoms with E-state index in [1.165, 1.54) is 30.5 Å². The van der Waals surface area contributed by atoms with E-state index in [0.29, 0.717) is 29.4 Å². The zero-order valence-electron chi connectivity index (χ0n) is 14.7. The number of nitrogens with zero attached hydrogens (tertiary/aromatic N) is 2. The molecule has 0 aliphatic carbocycles. The summed E-state index contributed by atoms with van der Waals surface area (Å²) in [6.45, 7) is 0. The molecule has 6 nitrogen and oxygen atoms in total. The van der Waals surface area contributed by atoms with E-state index < -0.39 is 0 Å². The van der Waals surface area contributed by atoms with E-state index in [-0.39, 0.29) is 17.8 Å². The van der Waals surface area contributed by atoms with Crippen LogP contribution in [0.3, 0.4) is 0 Å². The molecule has 2 heterocycles. The fraction of sp³-hybridized carbons (Fsp3) is 0.0952. The van der Waals surface area contributed by atoms with Crippen LogP contribution in [0.4, 0.5) is 10.1 Å². The Morgan fingerprint density at radius 2 is 1.86 bits per heavy atom. The lowest BCUT2D eigenvalue weighted by Gasteiger charge is -2.08. The molecule has 0 fully saturated rings. The molecule has 0 saturated carbocycles. The molecule has 4 rings (SSSR count). The minimum atomic E-state index is -0.341. The summed E-state index contributed by atoms with van der Waals surface area (Å²) in [6.07, 6.45) is 1.61. The highest BCUT2D eigenvalue weighted by Gasteiger charge is 2.27. The van der Waals surface area contributed by atoms with Crippen LogP contribution in [0.25, 0.3) is 0 Å². The van der Waals surface area contributed by atoms with Gasteiger partial charge < -0.3 is 14.9 Å². The highest BCUT2D eigenvalue weighted by atomic mass is 19.1. The summed E-state index contributed by atoms with van der Waals surface area (Å²) < 4.78 is 18.4. The second-order valence-electron chi connectivity index (χ2n) is 6.14. The molecule has 1 amide bonds. The van der Waals surface area contributed by atoms with Crippen molar-refractivity contribution in [1.29, 1.82) is 0 Å². The van der Waals surface area contributed by atoms with Crippen LogP contribution in [0.1, 0.15) is 18.1 Å². The molecule has 140 valence electrons. The number of halogens is 1. The maximum atomic E-state index is 12.9. The molecule has 28 heavy (non-hydrogen) atoms. The lowest BCUT2D eigenvalue weighted by atomic mass is 10.0. The number of hydrogen-bond acceptors (Lipinski definition) is 5. The van der Waals surface area contributed by atoms with Gasteiger partial charge in [-0.05, 0) is 35.9 Å². The van der Waals surface area contributed by atoms with Crippen LogP contribution < -0.4 is 10.1 Å². The van der Waals surface area contributed by atoms with Crippen molar-refractivity contribution in [2.24, 2.45) is 5.16 Å². The molecule has 2 aromatic carbocycles. The normalized spacial score (nSPS) is 15.5. The van der Waals surface area contributed by atoms with E-state index in [4.69, 9.17) is 9.57 Å². The van der Waals surface area contributed by atoms with Crippen molar-refractivity contribution >= 4 is 17.3 Å². The minimum absolute atomic E-state index is 0.258. The molecule has 0 bridgehead atoms. The summed E-state index contributed by atoms with van der Waals surface area (Å²) >= 11 is 0. The Morgan fingerprint density at radius 3 is 2.57 bits per heavy atom. The van der Waals surface area contributed by atoms with Gasteiger partial charge in [0, 0.05) is 12.5 Å². The SMILES string of the molecule is O=C(Nc1ccc(Oc2ccc(F)cc2)nc1)C1=NO[C@H](c2ccccc2)C1. The van der Waals surface area contributed by atoms with Crippen LogP contribution in [0.5, 0.6) is 11.6 Å². The lowest BCUT2D eigenvalue weighted by Crippen LogP contribution is -2.21. The van der Waals surface area contributed by atoms with Gasteiger partial charge in [0.1, 0.15) is 17.3 Å².